The van der Waals surface area contributed by atoms with Gasteiger partial charge in [-0.05, 0) is 42.8 Å². The van der Waals surface area contributed by atoms with Crippen LogP contribution >= 0.6 is 0 Å². The van der Waals surface area contributed by atoms with Gasteiger partial charge in [-0.2, -0.15) is 13.2 Å². The smallest absolute Gasteiger partial charge is 0.418 e. The molecule has 0 fully saturated rings. The van der Waals surface area contributed by atoms with Crippen molar-refractivity contribution in [2.45, 2.75) is 19.6 Å². The van der Waals surface area contributed by atoms with Crippen LogP contribution in [0.15, 0.2) is 36.4 Å². The average molecular weight is 396 g/mol. The van der Waals surface area contributed by atoms with Gasteiger partial charge in [-0.15, -0.1) is 0 Å². The van der Waals surface area contributed by atoms with Gasteiger partial charge in [0.15, 0.2) is 11.5 Å². The lowest BCUT2D eigenvalue weighted by Gasteiger charge is -2.16. The number of alkyl halides is 3. The Bertz CT molecular complexity index is 856. The van der Waals surface area contributed by atoms with E-state index in [2.05, 4.69) is 10.6 Å². The summed E-state index contributed by atoms with van der Waals surface area (Å²) in [4.78, 5) is 12.0. The van der Waals surface area contributed by atoms with Crippen LogP contribution in [0, 0.1) is 0 Å². The van der Waals surface area contributed by atoms with Crippen LogP contribution in [0.2, 0.25) is 0 Å². The summed E-state index contributed by atoms with van der Waals surface area (Å²) in [5.74, 6) is 0.897. The second-order valence-corrected chi connectivity index (χ2v) is 5.96. The number of carbonyl (C=O) groups excluding carboxylic acids is 1. The lowest BCUT2D eigenvalue weighted by Crippen LogP contribution is -2.29. The third-order valence-corrected chi connectivity index (χ3v) is 3.97. The molecule has 2 N–H and O–H groups in total. The Hall–Kier alpha value is -3.10. The third kappa shape index (κ3) is 4.79. The van der Waals surface area contributed by atoms with E-state index in [9.17, 15) is 18.0 Å². The number of anilines is 1. The van der Waals surface area contributed by atoms with Crippen molar-refractivity contribution in [3.05, 3.63) is 47.5 Å². The summed E-state index contributed by atoms with van der Waals surface area (Å²) in [6.45, 7) is 2.00. The number of hydrogen-bond acceptors (Lipinski definition) is 5. The summed E-state index contributed by atoms with van der Waals surface area (Å²) < 4.78 is 55.3. The van der Waals surface area contributed by atoms with E-state index in [1.165, 1.54) is 12.1 Å². The molecule has 0 unspecified atom stereocenters. The molecule has 1 aliphatic heterocycles. The zero-order chi connectivity index (χ0) is 20.1. The van der Waals surface area contributed by atoms with Gasteiger partial charge < -0.3 is 24.8 Å². The van der Waals surface area contributed by atoms with E-state index in [0.717, 1.165) is 11.6 Å². The molecule has 0 bridgehead atoms. The zero-order valence-corrected chi connectivity index (χ0v) is 15.1. The van der Waals surface area contributed by atoms with Crippen LogP contribution in [0.5, 0.6) is 17.2 Å². The Balaban J connectivity index is 1.58. The summed E-state index contributed by atoms with van der Waals surface area (Å²) in [6, 6.07) is 8.83. The molecule has 2 aromatic rings. The fraction of sp³-hybridized carbons (Fsp3) is 0.316. The highest BCUT2D eigenvalue weighted by Gasteiger charge is 2.34. The minimum atomic E-state index is -4.57. The molecule has 1 aliphatic rings. The molecule has 0 saturated heterocycles. The second-order valence-electron chi connectivity index (χ2n) is 5.96. The van der Waals surface area contributed by atoms with Crippen molar-refractivity contribution in [2.24, 2.45) is 0 Å². The average Bonchev–Trinajstić information content (AvgIpc) is 3.12. The van der Waals surface area contributed by atoms with Crippen molar-refractivity contribution in [1.29, 1.82) is 0 Å². The van der Waals surface area contributed by atoms with Crippen LogP contribution in [0.3, 0.4) is 0 Å². The standard InChI is InChI=1S/C19H19F3N2O4/c1-2-26-13-4-5-15(14(8-13)19(20,21)22)23-10-18(25)24-9-12-3-6-16-17(7-12)28-11-27-16/h3-8,23H,2,9-11H2,1H3,(H,24,25). The first kappa shape index (κ1) is 19.7. The van der Waals surface area contributed by atoms with Crippen molar-refractivity contribution in [2.75, 3.05) is 25.3 Å². The van der Waals surface area contributed by atoms with Crippen molar-refractivity contribution in [3.63, 3.8) is 0 Å². The lowest BCUT2D eigenvalue weighted by atomic mass is 10.1. The molecule has 0 saturated carbocycles. The molecular formula is C19H19F3N2O4. The highest BCUT2D eigenvalue weighted by Crippen LogP contribution is 2.37. The van der Waals surface area contributed by atoms with Gasteiger partial charge in [-0.1, -0.05) is 6.07 Å². The molecule has 0 spiro atoms. The number of carbonyl (C=O) groups is 1. The summed E-state index contributed by atoms with van der Waals surface area (Å²) in [6.07, 6.45) is -4.57. The van der Waals surface area contributed by atoms with Crippen molar-refractivity contribution >= 4 is 11.6 Å². The minimum Gasteiger partial charge on any atom is -0.494 e. The largest absolute Gasteiger partial charge is 0.494 e. The topological polar surface area (TPSA) is 68.8 Å². The quantitative estimate of drug-likeness (QED) is 0.749. The summed E-state index contributed by atoms with van der Waals surface area (Å²) >= 11 is 0. The Morgan fingerprint density at radius 1 is 1.14 bits per heavy atom. The molecule has 6 nitrogen and oxygen atoms in total. The number of amides is 1. The fourth-order valence-electron chi connectivity index (χ4n) is 2.66. The third-order valence-electron chi connectivity index (χ3n) is 3.97. The highest BCUT2D eigenvalue weighted by atomic mass is 19.4. The normalized spacial score (nSPS) is 12.6. The summed E-state index contributed by atoms with van der Waals surface area (Å²) in [7, 11) is 0. The molecule has 9 heteroatoms. The molecule has 0 radical (unpaired) electrons. The molecule has 0 aliphatic carbocycles. The van der Waals surface area contributed by atoms with E-state index in [0.29, 0.717) is 11.5 Å². The maximum Gasteiger partial charge on any atom is 0.418 e. The van der Waals surface area contributed by atoms with Crippen molar-refractivity contribution in [3.8, 4) is 17.2 Å². The Morgan fingerprint density at radius 3 is 2.68 bits per heavy atom. The number of nitrogens with one attached hydrogen (secondary N) is 2. The number of fused-ring (bicyclic) bond motifs is 1. The maximum absolute atomic E-state index is 13.3. The number of hydrogen-bond donors (Lipinski definition) is 2. The van der Waals surface area contributed by atoms with Crippen LogP contribution in [-0.2, 0) is 17.5 Å². The van der Waals surface area contributed by atoms with E-state index in [1.807, 2.05) is 0 Å². The van der Waals surface area contributed by atoms with E-state index >= 15 is 0 Å². The first-order valence-corrected chi connectivity index (χ1v) is 8.60. The minimum absolute atomic E-state index is 0.118. The van der Waals surface area contributed by atoms with E-state index < -0.39 is 17.6 Å². The monoisotopic (exact) mass is 396 g/mol. The second kappa shape index (κ2) is 8.28. The highest BCUT2D eigenvalue weighted by molar-refractivity contribution is 5.81. The first-order chi connectivity index (χ1) is 13.4. The van der Waals surface area contributed by atoms with Gasteiger partial charge >= 0.3 is 6.18 Å². The fourth-order valence-corrected chi connectivity index (χ4v) is 2.66. The van der Waals surface area contributed by atoms with Crippen LogP contribution in [0.1, 0.15) is 18.1 Å². The van der Waals surface area contributed by atoms with Crippen molar-refractivity contribution < 1.29 is 32.2 Å². The van der Waals surface area contributed by atoms with Gasteiger partial charge in [-0.25, -0.2) is 0 Å². The molecule has 1 heterocycles. The van der Waals surface area contributed by atoms with Crippen LogP contribution in [0.25, 0.3) is 0 Å². The molecule has 0 atom stereocenters. The van der Waals surface area contributed by atoms with Gasteiger partial charge in [0.05, 0.1) is 18.7 Å². The molecular weight excluding hydrogens is 377 g/mol. The van der Waals surface area contributed by atoms with Gasteiger partial charge in [0.2, 0.25) is 12.7 Å². The predicted octanol–water partition coefficient (Wildman–Crippen LogP) is 3.56. The van der Waals surface area contributed by atoms with Gasteiger partial charge in [0.25, 0.3) is 0 Å². The number of halogens is 3. The number of rotatable bonds is 7. The van der Waals surface area contributed by atoms with Gasteiger partial charge in [0.1, 0.15) is 5.75 Å². The SMILES string of the molecule is CCOc1ccc(NCC(=O)NCc2ccc3c(c2)OCO3)c(C(F)(F)F)c1. The molecule has 150 valence electrons. The van der Waals surface area contributed by atoms with Crippen molar-refractivity contribution in [1.82, 2.24) is 5.32 Å². The summed E-state index contributed by atoms with van der Waals surface area (Å²) in [5.41, 5.74) is -0.286. The number of benzene rings is 2. The van der Waals surface area contributed by atoms with Gasteiger partial charge in [-0.3, -0.25) is 4.79 Å². The molecule has 0 aromatic heterocycles. The Labute approximate surface area is 159 Å². The Morgan fingerprint density at radius 2 is 1.93 bits per heavy atom. The molecule has 3 rings (SSSR count). The zero-order valence-electron chi connectivity index (χ0n) is 15.1. The van der Waals surface area contributed by atoms with Gasteiger partial charge in [0, 0.05) is 12.2 Å². The van der Waals surface area contributed by atoms with Crippen LogP contribution in [-0.4, -0.2) is 25.9 Å². The van der Waals surface area contributed by atoms with Crippen LogP contribution in [0.4, 0.5) is 18.9 Å². The predicted molar refractivity (Wildman–Crippen MR) is 95.5 cm³/mol. The van der Waals surface area contributed by atoms with E-state index in [4.69, 9.17) is 14.2 Å². The summed E-state index contributed by atoms with van der Waals surface area (Å²) in [5, 5.41) is 5.18. The Kier molecular flexibility index (Phi) is 5.81. The van der Waals surface area contributed by atoms with Crippen LogP contribution < -0.4 is 24.8 Å². The van der Waals surface area contributed by atoms with E-state index in [-0.39, 0.29) is 37.9 Å². The molecule has 2 aromatic carbocycles. The first-order valence-electron chi connectivity index (χ1n) is 8.60. The number of ether oxygens (including phenoxy) is 3. The molecule has 1 amide bonds. The lowest BCUT2D eigenvalue weighted by molar-refractivity contribution is -0.137. The maximum atomic E-state index is 13.3. The van der Waals surface area contributed by atoms with E-state index in [1.54, 1.807) is 25.1 Å². The molecule has 28 heavy (non-hydrogen) atoms.